The summed E-state index contributed by atoms with van der Waals surface area (Å²) in [6, 6.07) is 0. The second kappa shape index (κ2) is 7.06. The minimum absolute atomic E-state index is 0.595. The molecule has 1 fully saturated rings. The molecule has 0 saturated carbocycles. The average molecular weight is 202 g/mol. The van der Waals surface area contributed by atoms with Crippen molar-refractivity contribution in [3.8, 4) is 0 Å². The van der Waals surface area contributed by atoms with Crippen LogP contribution in [0.1, 0.15) is 44.9 Å². The third-order valence-electron chi connectivity index (χ3n) is 2.23. The zero-order valence-corrected chi connectivity index (χ0v) is 9.09. The van der Waals surface area contributed by atoms with Crippen LogP contribution >= 0.6 is 0 Å². The number of hydrogen-bond donors (Lipinski definition) is 0. The van der Waals surface area contributed by atoms with Gasteiger partial charge in [-0.05, 0) is 12.8 Å². The van der Waals surface area contributed by atoms with Gasteiger partial charge in [0.2, 0.25) is 0 Å². The fourth-order valence-electron chi connectivity index (χ4n) is 1.44. The summed E-state index contributed by atoms with van der Waals surface area (Å²) >= 11 is 0. The molecule has 13 heavy (non-hydrogen) atoms. The van der Waals surface area contributed by atoms with Crippen molar-refractivity contribution in [2.45, 2.75) is 44.9 Å². The van der Waals surface area contributed by atoms with Gasteiger partial charge >= 0.3 is 9.17 Å². The lowest BCUT2D eigenvalue weighted by atomic mass is 10.1. The number of hydrogen-bond acceptors (Lipinski definition) is 3. The van der Waals surface area contributed by atoms with Crippen LogP contribution < -0.4 is 0 Å². The largest absolute Gasteiger partial charge is 0.767 e. The highest BCUT2D eigenvalue weighted by Gasteiger charge is 2.10. The molecule has 4 heteroatoms. The van der Waals surface area contributed by atoms with Gasteiger partial charge in [0.25, 0.3) is 0 Å². The molecule has 0 aliphatic carbocycles. The normalized spacial score (nSPS) is 22.0. The van der Waals surface area contributed by atoms with E-state index in [1.54, 1.807) is 0 Å². The maximum atomic E-state index is 11.0. The number of rotatable bonds is 0. The van der Waals surface area contributed by atoms with Crippen LogP contribution in [0.2, 0.25) is 0 Å². The second-order valence-corrected chi connectivity index (χ2v) is 4.50. The van der Waals surface area contributed by atoms with E-state index in [9.17, 15) is 4.46 Å². The molecule has 1 heterocycles. The first-order valence-electron chi connectivity index (χ1n) is 5.19. The molecule has 0 spiro atoms. The van der Waals surface area contributed by atoms with E-state index >= 15 is 0 Å². The fraction of sp³-hybridized carbons (Fsp3) is 1.00. The summed E-state index contributed by atoms with van der Waals surface area (Å²) in [7, 11) is -2.17. The van der Waals surface area contributed by atoms with Gasteiger partial charge in [0.05, 0.1) is 13.2 Å². The summed E-state index contributed by atoms with van der Waals surface area (Å²) in [5.74, 6) is 0. The van der Waals surface area contributed by atoms with Gasteiger partial charge in [-0.3, -0.25) is 4.46 Å². The summed E-state index contributed by atoms with van der Waals surface area (Å²) in [6.07, 6.45) is 8.29. The monoisotopic (exact) mass is 202 g/mol. The molecule has 3 nitrogen and oxygen atoms in total. The third kappa shape index (κ3) is 5.79. The predicted octanol–water partition coefficient (Wildman–Crippen LogP) is 2.18. The SMILES string of the molecule is O=[Si]1OCCCCCCCCCO1. The molecule has 0 amide bonds. The van der Waals surface area contributed by atoms with Gasteiger partial charge in [0.1, 0.15) is 0 Å². The molecule has 1 saturated heterocycles. The Morgan fingerprint density at radius 3 is 1.54 bits per heavy atom. The molecule has 0 atom stereocenters. The van der Waals surface area contributed by atoms with E-state index in [4.69, 9.17) is 8.85 Å². The molecule has 0 radical (unpaired) electrons. The first-order chi connectivity index (χ1) is 6.39. The van der Waals surface area contributed by atoms with Crippen molar-refractivity contribution in [3.05, 3.63) is 0 Å². The Morgan fingerprint density at radius 1 is 0.692 bits per heavy atom. The standard InChI is InChI=1S/C9H18O3Si/c10-13-11-8-6-4-2-1-3-5-7-9-12-13/h1-9H2. The van der Waals surface area contributed by atoms with Crippen molar-refractivity contribution < 1.29 is 13.3 Å². The smallest absolute Gasteiger partial charge is 0.496 e. The Kier molecular flexibility index (Phi) is 5.81. The average Bonchev–Trinajstić information content (AvgIpc) is 2.11. The molecule has 0 aromatic rings. The lowest BCUT2D eigenvalue weighted by molar-refractivity contribution is 0.161. The van der Waals surface area contributed by atoms with Crippen molar-refractivity contribution in [2.75, 3.05) is 13.2 Å². The van der Waals surface area contributed by atoms with Crippen LogP contribution in [0.5, 0.6) is 0 Å². The maximum absolute atomic E-state index is 11.0. The molecule has 0 bridgehead atoms. The van der Waals surface area contributed by atoms with Crippen molar-refractivity contribution in [1.29, 1.82) is 0 Å². The molecule has 1 aliphatic rings. The molecule has 0 unspecified atom stereocenters. The van der Waals surface area contributed by atoms with Crippen molar-refractivity contribution in [1.82, 2.24) is 0 Å². The molecular weight excluding hydrogens is 184 g/mol. The summed E-state index contributed by atoms with van der Waals surface area (Å²) in [6.45, 7) is 1.19. The quantitative estimate of drug-likeness (QED) is 0.565. The van der Waals surface area contributed by atoms with Crippen molar-refractivity contribution in [3.63, 3.8) is 0 Å². The van der Waals surface area contributed by atoms with Crippen LogP contribution in [0.3, 0.4) is 0 Å². The van der Waals surface area contributed by atoms with Gasteiger partial charge in [0, 0.05) is 0 Å². The fourth-order valence-corrected chi connectivity index (χ4v) is 2.15. The molecular formula is C9H18O3Si. The van der Waals surface area contributed by atoms with Gasteiger partial charge in [-0.2, -0.15) is 0 Å². The Labute approximate surface area is 81.3 Å². The van der Waals surface area contributed by atoms with E-state index in [1.165, 1.54) is 32.1 Å². The minimum atomic E-state index is -2.17. The Balaban J connectivity index is 2.14. The van der Waals surface area contributed by atoms with Crippen LogP contribution in [0.4, 0.5) is 0 Å². The maximum Gasteiger partial charge on any atom is 0.767 e. The van der Waals surface area contributed by atoms with Gasteiger partial charge in [-0.1, -0.05) is 32.1 Å². The van der Waals surface area contributed by atoms with Gasteiger partial charge in [0.15, 0.2) is 0 Å². The summed E-state index contributed by atoms with van der Waals surface area (Å²) in [5, 5.41) is 0. The summed E-state index contributed by atoms with van der Waals surface area (Å²) in [5.41, 5.74) is 0. The van der Waals surface area contributed by atoms with Crippen LogP contribution in [0.25, 0.3) is 0 Å². The molecule has 0 aromatic carbocycles. The first kappa shape index (κ1) is 10.7. The predicted molar refractivity (Wildman–Crippen MR) is 50.7 cm³/mol. The van der Waals surface area contributed by atoms with Gasteiger partial charge in [-0.25, -0.2) is 0 Å². The van der Waals surface area contributed by atoms with Crippen molar-refractivity contribution >= 4 is 9.17 Å². The van der Waals surface area contributed by atoms with E-state index in [0.717, 1.165) is 12.8 Å². The molecule has 76 valence electrons. The zero-order chi connectivity index (χ0) is 9.36. The molecule has 0 aromatic heterocycles. The van der Waals surface area contributed by atoms with E-state index in [2.05, 4.69) is 0 Å². The lowest BCUT2D eigenvalue weighted by Crippen LogP contribution is -2.14. The Morgan fingerprint density at radius 2 is 1.08 bits per heavy atom. The highest BCUT2D eigenvalue weighted by molar-refractivity contribution is 6.26. The van der Waals surface area contributed by atoms with E-state index in [0.29, 0.717) is 13.2 Å². The Bertz CT molecular complexity index is 136. The van der Waals surface area contributed by atoms with Crippen LogP contribution in [0, 0.1) is 0 Å². The van der Waals surface area contributed by atoms with Gasteiger partial charge in [-0.15, -0.1) is 0 Å². The second-order valence-electron chi connectivity index (χ2n) is 3.42. The minimum Gasteiger partial charge on any atom is -0.496 e. The topological polar surface area (TPSA) is 35.5 Å². The van der Waals surface area contributed by atoms with Crippen LogP contribution in [-0.4, -0.2) is 22.4 Å². The van der Waals surface area contributed by atoms with Crippen LogP contribution in [-0.2, 0) is 13.3 Å². The molecule has 1 rings (SSSR count). The summed E-state index contributed by atoms with van der Waals surface area (Å²) < 4.78 is 21.1. The zero-order valence-electron chi connectivity index (χ0n) is 8.09. The molecule has 0 N–H and O–H groups in total. The third-order valence-corrected chi connectivity index (χ3v) is 3.11. The molecule has 1 aliphatic heterocycles. The van der Waals surface area contributed by atoms with E-state index < -0.39 is 9.17 Å². The Hall–Kier alpha value is -0.383. The first-order valence-corrected chi connectivity index (χ1v) is 6.41. The highest BCUT2D eigenvalue weighted by atomic mass is 28.3. The van der Waals surface area contributed by atoms with E-state index in [1.807, 2.05) is 0 Å². The lowest BCUT2D eigenvalue weighted by Gasteiger charge is -2.07. The van der Waals surface area contributed by atoms with E-state index in [-0.39, 0.29) is 0 Å². The highest BCUT2D eigenvalue weighted by Crippen LogP contribution is 2.08. The van der Waals surface area contributed by atoms with Crippen molar-refractivity contribution in [2.24, 2.45) is 0 Å². The van der Waals surface area contributed by atoms with Crippen LogP contribution in [0.15, 0.2) is 0 Å². The van der Waals surface area contributed by atoms with Gasteiger partial charge < -0.3 is 8.85 Å². The summed E-state index contributed by atoms with van der Waals surface area (Å²) in [4.78, 5) is 0.